The van der Waals surface area contributed by atoms with Crippen LogP contribution in [0.4, 0.5) is 0 Å². The molecule has 1 aliphatic rings. The standard InChI is InChI=1S/C17H36N2/c1-7-9-16(13-18-17(3,4)5)19(6)15-11-8-10-14(2)12-15/h14-16,18H,7-13H2,1-6H3. The molecule has 0 spiro atoms. The van der Waals surface area contributed by atoms with E-state index in [4.69, 9.17) is 0 Å². The molecule has 0 amide bonds. The van der Waals surface area contributed by atoms with Gasteiger partial charge in [0.1, 0.15) is 0 Å². The third-order valence-corrected chi connectivity index (χ3v) is 4.55. The molecule has 19 heavy (non-hydrogen) atoms. The van der Waals surface area contributed by atoms with E-state index in [1.54, 1.807) is 0 Å². The molecule has 1 rings (SSSR count). The molecule has 0 aliphatic heterocycles. The Morgan fingerprint density at radius 1 is 1.26 bits per heavy atom. The van der Waals surface area contributed by atoms with Crippen molar-refractivity contribution in [3.63, 3.8) is 0 Å². The van der Waals surface area contributed by atoms with E-state index in [9.17, 15) is 0 Å². The molecule has 0 aromatic rings. The fraction of sp³-hybridized carbons (Fsp3) is 1.00. The van der Waals surface area contributed by atoms with Crippen LogP contribution in [0.15, 0.2) is 0 Å². The van der Waals surface area contributed by atoms with Crippen molar-refractivity contribution in [1.82, 2.24) is 10.2 Å². The summed E-state index contributed by atoms with van der Waals surface area (Å²) in [7, 11) is 2.35. The topological polar surface area (TPSA) is 15.3 Å². The van der Waals surface area contributed by atoms with Gasteiger partial charge in [-0.3, -0.25) is 4.90 Å². The van der Waals surface area contributed by atoms with Gasteiger partial charge in [0, 0.05) is 24.2 Å². The molecule has 3 atom stereocenters. The lowest BCUT2D eigenvalue weighted by molar-refractivity contribution is 0.107. The predicted molar refractivity (Wildman–Crippen MR) is 85.6 cm³/mol. The predicted octanol–water partition coefficient (Wildman–Crippen LogP) is 4.05. The van der Waals surface area contributed by atoms with Crippen LogP contribution in [-0.2, 0) is 0 Å². The Labute approximate surface area is 121 Å². The summed E-state index contributed by atoms with van der Waals surface area (Å²) in [4.78, 5) is 2.68. The monoisotopic (exact) mass is 268 g/mol. The maximum absolute atomic E-state index is 3.70. The molecule has 2 nitrogen and oxygen atoms in total. The number of nitrogens with one attached hydrogen (secondary N) is 1. The normalized spacial score (nSPS) is 26.7. The highest BCUT2D eigenvalue weighted by atomic mass is 15.2. The molecular formula is C17H36N2. The van der Waals surface area contributed by atoms with E-state index in [1.165, 1.54) is 38.5 Å². The molecule has 0 bridgehead atoms. The molecule has 0 heterocycles. The first-order chi connectivity index (χ1) is 8.83. The van der Waals surface area contributed by atoms with Crippen molar-refractivity contribution in [2.24, 2.45) is 5.92 Å². The van der Waals surface area contributed by atoms with Crippen LogP contribution in [0.3, 0.4) is 0 Å². The van der Waals surface area contributed by atoms with Crippen LogP contribution in [0, 0.1) is 5.92 Å². The summed E-state index contributed by atoms with van der Waals surface area (Å²) in [6.45, 7) is 12.6. The maximum Gasteiger partial charge on any atom is 0.0220 e. The molecule has 2 heteroatoms. The van der Waals surface area contributed by atoms with Gasteiger partial charge in [-0.1, -0.05) is 33.1 Å². The minimum atomic E-state index is 0.229. The average molecular weight is 268 g/mol. The van der Waals surface area contributed by atoms with E-state index in [2.05, 4.69) is 51.9 Å². The summed E-state index contributed by atoms with van der Waals surface area (Å²) in [5.74, 6) is 0.916. The minimum Gasteiger partial charge on any atom is -0.311 e. The van der Waals surface area contributed by atoms with Crippen LogP contribution in [0.2, 0.25) is 0 Å². The van der Waals surface area contributed by atoms with E-state index in [0.29, 0.717) is 6.04 Å². The zero-order valence-corrected chi connectivity index (χ0v) is 14.1. The zero-order chi connectivity index (χ0) is 14.5. The van der Waals surface area contributed by atoms with Crippen molar-refractivity contribution in [2.75, 3.05) is 13.6 Å². The molecule has 0 aromatic carbocycles. The van der Waals surface area contributed by atoms with Gasteiger partial charge in [0.25, 0.3) is 0 Å². The molecule has 0 aromatic heterocycles. The van der Waals surface area contributed by atoms with Crippen molar-refractivity contribution in [3.05, 3.63) is 0 Å². The fourth-order valence-corrected chi connectivity index (χ4v) is 3.28. The van der Waals surface area contributed by atoms with Crippen LogP contribution < -0.4 is 5.32 Å². The SMILES string of the molecule is CCCC(CNC(C)(C)C)N(C)C1CCCC(C)C1. The molecule has 1 fully saturated rings. The molecule has 1 saturated carbocycles. The number of hydrogen-bond acceptors (Lipinski definition) is 2. The summed E-state index contributed by atoms with van der Waals surface area (Å²) in [5.41, 5.74) is 0.229. The molecule has 0 saturated heterocycles. The van der Waals surface area contributed by atoms with Crippen molar-refractivity contribution in [3.8, 4) is 0 Å². The van der Waals surface area contributed by atoms with E-state index in [0.717, 1.165) is 18.5 Å². The first-order valence-electron chi connectivity index (χ1n) is 8.30. The van der Waals surface area contributed by atoms with Crippen molar-refractivity contribution in [1.29, 1.82) is 0 Å². The van der Waals surface area contributed by atoms with Gasteiger partial charge in [0.2, 0.25) is 0 Å². The molecular weight excluding hydrogens is 232 g/mol. The van der Waals surface area contributed by atoms with Crippen molar-refractivity contribution < 1.29 is 0 Å². The molecule has 0 radical (unpaired) electrons. The van der Waals surface area contributed by atoms with Crippen molar-refractivity contribution >= 4 is 0 Å². The van der Waals surface area contributed by atoms with Gasteiger partial charge >= 0.3 is 0 Å². The summed E-state index contributed by atoms with van der Waals surface area (Å²) in [6.07, 6.45) is 8.24. The Morgan fingerprint density at radius 3 is 2.47 bits per heavy atom. The van der Waals surface area contributed by atoms with Gasteiger partial charge in [-0.25, -0.2) is 0 Å². The van der Waals surface area contributed by atoms with Crippen LogP contribution >= 0.6 is 0 Å². The smallest absolute Gasteiger partial charge is 0.0220 e. The van der Waals surface area contributed by atoms with Gasteiger partial charge in [-0.2, -0.15) is 0 Å². The molecule has 1 aliphatic carbocycles. The summed E-state index contributed by atoms with van der Waals surface area (Å²) in [6, 6.07) is 1.50. The van der Waals surface area contributed by atoms with Gasteiger partial charge in [0.15, 0.2) is 0 Å². The third-order valence-electron chi connectivity index (χ3n) is 4.55. The Balaban J connectivity index is 2.53. The van der Waals surface area contributed by atoms with Crippen LogP contribution in [0.25, 0.3) is 0 Å². The average Bonchev–Trinajstić information content (AvgIpc) is 2.32. The van der Waals surface area contributed by atoms with E-state index >= 15 is 0 Å². The van der Waals surface area contributed by atoms with E-state index in [-0.39, 0.29) is 5.54 Å². The third kappa shape index (κ3) is 6.27. The maximum atomic E-state index is 3.70. The summed E-state index contributed by atoms with van der Waals surface area (Å²) in [5, 5.41) is 3.70. The molecule has 3 unspecified atom stereocenters. The second-order valence-electron chi connectivity index (χ2n) is 7.66. The van der Waals surface area contributed by atoms with Gasteiger partial charge in [0.05, 0.1) is 0 Å². The summed E-state index contributed by atoms with van der Waals surface area (Å²) < 4.78 is 0. The number of nitrogens with zero attached hydrogens (tertiary/aromatic N) is 1. The molecule has 114 valence electrons. The first-order valence-corrected chi connectivity index (χ1v) is 8.30. The quantitative estimate of drug-likeness (QED) is 0.781. The minimum absolute atomic E-state index is 0.229. The van der Waals surface area contributed by atoms with E-state index in [1.807, 2.05) is 0 Å². The second kappa shape index (κ2) is 7.64. The fourth-order valence-electron chi connectivity index (χ4n) is 3.28. The second-order valence-corrected chi connectivity index (χ2v) is 7.66. The number of hydrogen-bond donors (Lipinski definition) is 1. The number of likely N-dealkylation sites (N-methyl/N-ethyl adjacent to an activating group) is 1. The van der Waals surface area contributed by atoms with Crippen LogP contribution in [0.1, 0.15) is 73.1 Å². The van der Waals surface area contributed by atoms with Crippen LogP contribution in [-0.4, -0.2) is 36.1 Å². The Hall–Kier alpha value is -0.0800. The lowest BCUT2D eigenvalue weighted by Crippen LogP contribution is -2.50. The Kier molecular flexibility index (Phi) is 6.82. The zero-order valence-electron chi connectivity index (χ0n) is 14.1. The summed E-state index contributed by atoms with van der Waals surface area (Å²) >= 11 is 0. The van der Waals surface area contributed by atoms with Gasteiger partial charge in [-0.15, -0.1) is 0 Å². The highest BCUT2D eigenvalue weighted by Crippen LogP contribution is 2.28. The largest absolute Gasteiger partial charge is 0.311 e. The van der Waals surface area contributed by atoms with Gasteiger partial charge in [-0.05, 0) is 53.0 Å². The highest BCUT2D eigenvalue weighted by molar-refractivity contribution is 4.84. The number of rotatable bonds is 6. The van der Waals surface area contributed by atoms with Gasteiger partial charge < -0.3 is 5.32 Å². The van der Waals surface area contributed by atoms with Crippen LogP contribution in [0.5, 0.6) is 0 Å². The van der Waals surface area contributed by atoms with E-state index < -0.39 is 0 Å². The lowest BCUT2D eigenvalue weighted by atomic mass is 9.85. The first kappa shape index (κ1) is 17.0. The Bertz CT molecular complexity index is 244. The highest BCUT2D eigenvalue weighted by Gasteiger charge is 2.27. The lowest BCUT2D eigenvalue weighted by Gasteiger charge is -2.40. The van der Waals surface area contributed by atoms with Crippen molar-refractivity contribution in [2.45, 2.75) is 90.8 Å². The Morgan fingerprint density at radius 2 is 1.95 bits per heavy atom. The molecule has 1 N–H and O–H groups in total.